The summed E-state index contributed by atoms with van der Waals surface area (Å²) in [5, 5.41) is 3.47. The lowest BCUT2D eigenvalue weighted by molar-refractivity contribution is 0.381. The highest BCUT2D eigenvalue weighted by atomic mass is 14.9. The largest absolute Gasteiger partial charge is 0.383 e. The minimum Gasteiger partial charge on any atom is -0.383 e. The van der Waals surface area contributed by atoms with E-state index in [1.807, 2.05) is 12.3 Å². The normalized spacial score (nSPS) is 25.0. The summed E-state index contributed by atoms with van der Waals surface area (Å²) in [7, 11) is 0. The van der Waals surface area contributed by atoms with Crippen molar-refractivity contribution in [1.29, 1.82) is 0 Å². The molecule has 2 nitrogen and oxygen atoms in total. The zero-order chi connectivity index (χ0) is 11.4. The smallest absolute Gasteiger partial charge is 0.0526 e. The zero-order valence-electron chi connectivity index (χ0n) is 10.1. The van der Waals surface area contributed by atoms with Crippen LogP contribution in [-0.4, -0.2) is 11.5 Å². The lowest BCUT2D eigenvalue weighted by atomic mass is 9.80. The van der Waals surface area contributed by atoms with Gasteiger partial charge in [-0.2, -0.15) is 0 Å². The summed E-state index contributed by atoms with van der Waals surface area (Å²) in [5.41, 5.74) is 2.66. The van der Waals surface area contributed by atoms with Crippen LogP contribution in [0.15, 0.2) is 36.2 Å². The molecular formula is C14H20N2. The van der Waals surface area contributed by atoms with Gasteiger partial charge in [0, 0.05) is 18.9 Å². The van der Waals surface area contributed by atoms with Crippen molar-refractivity contribution in [2.75, 3.05) is 11.9 Å². The molecule has 0 fully saturated rings. The van der Waals surface area contributed by atoms with Crippen LogP contribution in [0.25, 0.3) is 0 Å². The number of rotatable bonds is 3. The molecular weight excluding hydrogens is 196 g/mol. The van der Waals surface area contributed by atoms with E-state index in [0.29, 0.717) is 5.92 Å². The van der Waals surface area contributed by atoms with Gasteiger partial charge in [0.05, 0.1) is 5.69 Å². The Morgan fingerprint density at radius 1 is 1.50 bits per heavy atom. The lowest BCUT2D eigenvalue weighted by Gasteiger charge is -2.29. The molecule has 0 amide bonds. The van der Waals surface area contributed by atoms with Crippen LogP contribution in [0.4, 0.5) is 5.69 Å². The summed E-state index contributed by atoms with van der Waals surface area (Å²) < 4.78 is 0. The Morgan fingerprint density at radius 3 is 3.06 bits per heavy atom. The molecule has 0 saturated carbocycles. The van der Waals surface area contributed by atoms with Crippen molar-refractivity contribution in [3.63, 3.8) is 0 Å². The summed E-state index contributed by atoms with van der Waals surface area (Å²) in [6.45, 7) is 5.63. The number of allylic oxidation sites excluding steroid dienone is 1. The molecule has 0 radical (unpaired) electrons. The lowest BCUT2D eigenvalue weighted by Crippen LogP contribution is -2.24. The van der Waals surface area contributed by atoms with E-state index in [0.717, 1.165) is 18.2 Å². The molecule has 1 heterocycles. The Kier molecular flexibility index (Phi) is 3.60. The SMILES string of the molecule is CC1=CCC[C@@H](C)[C@H]1CNc1cccnc1. The molecule has 2 heteroatoms. The second kappa shape index (κ2) is 5.15. The minimum absolute atomic E-state index is 0.675. The Morgan fingerprint density at radius 2 is 2.38 bits per heavy atom. The number of nitrogens with zero attached hydrogens (tertiary/aromatic N) is 1. The molecule has 0 spiro atoms. The molecule has 1 aliphatic rings. The molecule has 0 unspecified atom stereocenters. The van der Waals surface area contributed by atoms with Gasteiger partial charge in [-0.05, 0) is 43.7 Å². The van der Waals surface area contributed by atoms with Crippen molar-refractivity contribution in [2.45, 2.75) is 26.7 Å². The van der Waals surface area contributed by atoms with E-state index in [1.54, 1.807) is 6.20 Å². The predicted molar refractivity (Wildman–Crippen MR) is 68.4 cm³/mol. The van der Waals surface area contributed by atoms with Gasteiger partial charge >= 0.3 is 0 Å². The standard InChI is InChI=1S/C14H20N2/c1-11-5-3-6-12(2)14(11)10-16-13-7-4-8-15-9-13/h4-5,7-9,12,14,16H,3,6,10H2,1-2H3/t12-,14+/m1/s1. The third kappa shape index (κ3) is 2.63. The molecule has 16 heavy (non-hydrogen) atoms. The molecule has 1 aliphatic carbocycles. The number of aromatic nitrogens is 1. The Hall–Kier alpha value is -1.31. The molecule has 1 aromatic heterocycles. The van der Waals surface area contributed by atoms with Crippen LogP contribution < -0.4 is 5.32 Å². The number of nitrogens with one attached hydrogen (secondary N) is 1. The number of hydrogen-bond acceptors (Lipinski definition) is 2. The van der Waals surface area contributed by atoms with Gasteiger partial charge in [-0.15, -0.1) is 0 Å². The van der Waals surface area contributed by atoms with Gasteiger partial charge in [0.1, 0.15) is 0 Å². The van der Waals surface area contributed by atoms with Crippen molar-refractivity contribution in [3.05, 3.63) is 36.2 Å². The van der Waals surface area contributed by atoms with Gasteiger partial charge in [-0.3, -0.25) is 4.98 Å². The van der Waals surface area contributed by atoms with Crippen molar-refractivity contribution >= 4 is 5.69 Å². The fraction of sp³-hybridized carbons (Fsp3) is 0.500. The Labute approximate surface area is 97.8 Å². The molecule has 2 rings (SSSR count). The summed E-state index contributed by atoms with van der Waals surface area (Å²) in [6.07, 6.45) is 8.63. The number of pyridine rings is 1. The third-order valence-electron chi connectivity index (χ3n) is 3.55. The number of anilines is 1. The zero-order valence-corrected chi connectivity index (χ0v) is 10.1. The molecule has 2 atom stereocenters. The van der Waals surface area contributed by atoms with E-state index >= 15 is 0 Å². The van der Waals surface area contributed by atoms with Crippen molar-refractivity contribution in [3.8, 4) is 0 Å². The monoisotopic (exact) mass is 216 g/mol. The van der Waals surface area contributed by atoms with Crippen molar-refractivity contribution < 1.29 is 0 Å². The summed E-state index contributed by atoms with van der Waals surface area (Å²) in [5.74, 6) is 1.46. The van der Waals surface area contributed by atoms with E-state index < -0.39 is 0 Å². The molecule has 0 aliphatic heterocycles. The first-order chi connectivity index (χ1) is 7.77. The van der Waals surface area contributed by atoms with Crippen LogP contribution in [0.5, 0.6) is 0 Å². The fourth-order valence-corrected chi connectivity index (χ4v) is 2.43. The Bertz CT molecular complexity index is 356. The maximum absolute atomic E-state index is 4.11. The molecule has 0 saturated heterocycles. The van der Waals surface area contributed by atoms with Crippen molar-refractivity contribution in [2.24, 2.45) is 11.8 Å². The van der Waals surface area contributed by atoms with Gasteiger partial charge in [0.15, 0.2) is 0 Å². The van der Waals surface area contributed by atoms with Crippen LogP contribution >= 0.6 is 0 Å². The van der Waals surface area contributed by atoms with Gasteiger partial charge in [-0.1, -0.05) is 18.6 Å². The molecule has 86 valence electrons. The highest BCUT2D eigenvalue weighted by molar-refractivity contribution is 5.40. The molecule has 1 aromatic rings. The number of hydrogen-bond donors (Lipinski definition) is 1. The van der Waals surface area contributed by atoms with Gasteiger partial charge in [-0.25, -0.2) is 0 Å². The van der Waals surface area contributed by atoms with Crippen LogP contribution in [0, 0.1) is 11.8 Å². The quantitative estimate of drug-likeness (QED) is 0.782. The fourth-order valence-electron chi connectivity index (χ4n) is 2.43. The average Bonchev–Trinajstić information content (AvgIpc) is 2.30. The van der Waals surface area contributed by atoms with Crippen LogP contribution in [0.2, 0.25) is 0 Å². The van der Waals surface area contributed by atoms with E-state index in [-0.39, 0.29) is 0 Å². The second-order valence-corrected chi connectivity index (χ2v) is 4.73. The van der Waals surface area contributed by atoms with Gasteiger partial charge < -0.3 is 5.32 Å². The maximum atomic E-state index is 4.11. The molecule has 0 aromatic carbocycles. The first-order valence-electron chi connectivity index (χ1n) is 6.08. The minimum atomic E-state index is 0.675. The topological polar surface area (TPSA) is 24.9 Å². The van der Waals surface area contributed by atoms with Gasteiger partial charge in [0.2, 0.25) is 0 Å². The summed E-state index contributed by atoms with van der Waals surface area (Å²) in [4.78, 5) is 4.11. The van der Waals surface area contributed by atoms with Crippen LogP contribution in [0.1, 0.15) is 26.7 Å². The van der Waals surface area contributed by atoms with Crippen molar-refractivity contribution in [1.82, 2.24) is 4.98 Å². The van der Waals surface area contributed by atoms with E-state index in [4.69, 9.17) is 0 Å². The maximum Gasteiger partial charge on any atom is 0.0526 e. The average molecular weight is 216 g/mol. The van der Waals surface area contributed by atoms with E-state index in [9.17, 15) is 0 Å². The highest BCUT2D eigenvalue weighted by Gasteiger charge is 2.21. The Balaban J connectivity index is 1.94. The van der Waals surface area contributed by atoms with Gasteiger partial charge in [0.25, 0.3) is 0 Å². The van der Waals surface area contributed by atoms with Crippen LogP contribution in [0.3, 0.4) is 0 Å². The molecule has 1 N–H and O–H groups in total. The van der Waals surface area contributed by atoms with Crippen LogP contribution in [-0.2, 0) is 0 Å². The summed E-state index contributed by atoms with van der Waals surface area (Å²) in [6, 6.07) is 4.04. The van der Waals surface area contributed by atoms with E-state index in [1.165, 1.54) is 18.4 Å². The summed E-state index contributed by atoms with van der Waals surface area (Å²) >= 11 is 0. The third-order valence-corrected chi connectivity index (χ3v) is 3.55. The highest BCUT2D eigenvalue weighted by Crippen LogP contribution is 2.30. The molecule has 0 bridgehead atoms. The first kappa shape index (κ1) is 11.2. The van der Waals surface area contributed by atoms with E-state index in [2.05, 4.69) is 36.3 Å². The first-order valence-corrected chi connectivity index (χ1v) is 6.08. The second-order valence-electron chi connectivity index (χ2n) is 4.73. The predicted octanol–water partition coefficient (Wildman–Crippen LogP) is 3.49.